The fourth-order valence-electron chi connectivity index (χ4n) is 3.45. The van der Waals surface area contributed by atoms with Crippen LogP contribution in [0.2, 0.25) is 5.15 Å². The second kappa shape index (κ2) is 7.57. The molecule has 0 N–H and O–H groups in total. The summed E-state index contributed by atoms with van der Waals surface area (Å²) in [5, 5.41) is 10.2. The first kappa shape index (κ1) is 17.9. The van der Waals surface area contributed by atoms with E-state index in [0.29, 0.717) is 11.2 Å². The normalized spacial score (nSPS) is 17.6. The van der Waals surface area contributed by atoms with Crippen LogP contribution in [0.3, 0.4) is 0 Å². The standard InChI is InChI=1S/C19H24ClN5/c1-14(2)24-9-11-25(12-10-24)16(13-21)17-18(20)22-19(23(17)3)15-7-5-4-6-8-15/h4-8,14,16H,9-12H2,1-3H3. The molecule has 2 heterocycles. The van der Waals surface area contributed by atoms with Gasteiger partial charge in [0.15, 0.2) is 5.15 Å². The van der Waals surface area contributed by atoms with Crippen molar-refractivity contribution in [3.8, 4) is 17.5 Å². The molecule has 1 aromatic carbocycles. The van der Waals surface area contributed by atoms with Crippen LogP contribution in [-0.4, -0.2) is 51.6 Å². The molecule has 2 aromatic rings. The van der Waals surface area contributed by atoms with E-state index in [9.17, 15) is 5.26 Å². The van der Waals surface area contributed by atoms with Crippen molar-refractivity contribution in [1.29, 1.82) is 5.26 Å². The van der Waals surface area contributed by atoms with Crippen molar-refractivity contribution in [3.05, 3.63) is 41.2 Å². The van der Waals surface area contributed by atoms with Gasteiger partial charge in [-0.3, -0.25) is 9.80 Å². The summed E-state index contributed by atoms with van der Waals surface area (Å²) in [6.07, 6.45) is 0. The van der Waals surface area contributed by atoms with Gasteiger partial charge in [-0.25, -0.2) is 4.98 Å². The molecule has 132 valence electrons. The average molecular weight is 358 g/mol. The molecule has 0 radical (unpaired) electrons. The van der Waals surface area contributed by atoms with Crippen molar-refractivity contribution in [2.75, 3.05) is 26.2 Å². The maximum atomic E-state index is 9.83. The van der Waals surface area contributed by atoms with Gasteiger partial charge in [0.25, 0.3) is 0 Å². The summed E-state index contributed by atoms with van der Waals surface area (Å²) in [5.74, 6) is 0.793. The van der Waals surface area contributed by atoms with Crippen molar-refractivity contribution in [2.24, 2.45) is 7.05 Å². The van der Waals surface area contributed by atoms with E-state index in [-0.39, 0.29) is 6.04 Å². The van der Waals surface area contributed by atoms with Crippen LogP contribution >= 0.6 is 11.6 Å². The molecule has 25 heavy (non-hydrogen) atoms. The SMILES string of the molecule is CC(C)N1CCN(C(C#N)c2c(Cl)nc(-c3ccccc3)n2C)CC1. The first-order valence-corrected chi connectivity index (χ1v) is 9.06. The number of nitriles is 1. The summed E-state index contributed by atoms with van der Waals surface area (Å²) in [4.78, 5) is 9.17. The molecular formula is C19H24ClN5. The Kier molecular flexibility index (Phi) is 5.43. The largest absolute Gasteiger partial charge is 0.327 e. The maximum absolute atomic E-state index is 9.83. The fourth-order valence-corrected chi connectivity index (χ4v) is 3.76. The lowest BCUT2D eigenvalue weighted by molar-refractivity contribution is 0.0914. The minimum absolute atomic E-state index is 0.378. The second-order valence-corrected chi connectivity index (χ2v) is 7.09. The van der Waals surface area contributed by atoms with Crippen LogP contribution in [0.25, 0.3) is 11.4 Å². The second-order valence-electron chi connectivity index (χ2n) is 6.73. The van der Waals surface area contributed by atoms with Crippen LogP contribution < -0.4 is 0 Å². The van der Waals surface area contributed by atoms with Crippen LogP contribution in [0.4, 0.5) is 0 Å². The molecule has 0 amide bonds. The molecule has 1 fully saturated rings. The lowest BCUT2D eigenvalue weighted by Gasteiger charge is -2.38. The van der Waals surface area contributed by atoms with Gasteiger partial charge in [-0.1, -0.05) is 41.9 Å². The number of hydrogen-bond acceptors (Lipinski definition) is 4. The van der Waals surface area contributed by atoms with Crippen LogP contribution in [0.15, 0.2) is 30.3 Å². The summed E-state index contributed by atoms with van der Waals surface area (Å²) in [7, 11) is 1.94. The minimum atomic E-state index is -0.378. The third-order valence-corrected chi connectivity index (χ3v) is 5.23. The lowest BCUT2D eigenvalue weighted by atomic mass is 10.1. The van der Waals surface area contributed by atoms with Crippen LogP contribution in [0, 0.1) is 11.3 Å². The van der Waals surface area contributed by atoms with E-state index in [1.807, 2.05) is 41.9 Å². The summed E-state index contributed by atoms with van der Waals surface area (Å²) in [6, 6.07) is 12.5. The van der Waals surface area contributed by atoms with Crippen LogP contribution in [0.1, 0.15) is 25.6 Å². The third-order valence-electron chi connectivity index (χ3n) is 4.95. The molecule has 1 aliphatic heterocycles. The van der Waals surface area contributed by atoms with E-state index in [1.165, 1.54) is 0 Å². The lowest BCUT2D eigenvalue weighted by Crippen LogP contribution is -2.49. The van der Waals surface area contributed by atoms with Gasteiger partial charge in [0.05, 0.1) is 11.8 Å². The van der Waals surface area contributed by atoms with Crippen molar-refractivity contribution < 1.29 is 0 Å². The molecule has 3 rings (SSSR count). The first-order chi connectivity index (χ1) is 12.0. The Morgan fingerprint density at radius 1 is 1.08 bits per heavy atom. The quantitative estimate of drug-likeness (QED) is 0.842. The highest BCUT2D eigenvalue weighted by molar-refractivity contribution is 6.30. The van der Waals surface area contributed by atoms with E-state index in [2.05, 4.69) is 34.7 Å². The number of nitrogens with zero attached hydrogens (tertiary/aromatic N) is 5. The number of hydrogen-bond donors (Lipinski definition) is 0. The summed E-state index contributed by atoms with van der Waals surface area (Å²) in [5.41, 5.74) is 1.78. The molecule has 1 aliphatic rings. The van der Waals surface area contributed by atoms with Gasteiger partial charge >= 0.3 is 0 Å². The van der Waals surface area contributed by atoms with E-state index >= 15 is 0 Å². The molecule has 6 heteroatoms. The van der Waals surface area contributed by atoms with Crippen molar-refractivity contribution in [3.63, 3.8) is 0 Å². The molecule has 0 saturated carbocycles. The predicted molar refractivity (Wildman–Crippen MR) is 100 cm³/mol. The highest BCUT2D eigenvalue weighted by Gasteiger charge is 2.30. The van der Waals surface area contributed by atoms with Gasteiger partial charge in [-0.05, 0) is 13.8 Å². The zero-order valence-corrected chi connectivity index (χ0v) is 15.7. The third kappa shape index (κ3) is 3.57. The van der Waals surface area contributed by atoms with Gasteiger partial charge in [0.1, 0.15) is 11.9 Å². The molecule has 1 atom stereocenters. The molecule has 0 aliphatic carbocycles. The summed E-state index contributed by atoms with van der Waals surface area (Å²) in [6.45, 7) is 8.08. The molecule has 1 unspecified atom stereocenters. The Labute approximate surface area is 154 Å². The monoisotopic (exact) mass is 357 g/mol. The van der Waals surface area contributed by atoms with Crippen LogP contribution in [0.5, 0.6) is 0 Å². The number of benzene rings is 1. The van der Waals surface area contributed by atoms with Gasteiger partial charge in [0.2, 0.25) is 0 Å². The predicted octanol–water partition coefficient (Wildman–Crippen LogP) is 3.33. The zero-order chi connectivity index (χ0) is 18.0. The number of halogens is 1. The molecule has 1 saturated heterocycles. The number of aromatic nitrogens is 2. The Morgan fingerprint density at radius 3 is 2.24 bits per heavy atom. The fraction of sp³-hybridized carbons (Fsp3) is 0.474. The maximum Gasteiger partial charge on any atom is 0.153 e. The highest BCUT2D eigenvalue weighted by Crippen LogP contribution is 2.32. The van der Waals surface area contributed by atoms with Gasteiger partial charge < -0.3 is 4.57 Å². The van der Waals surface area contributed by atoms with Crippen molar-refractivity contribution in [2.45, 2.75) is 25.9 Å². The zero-order valence-electron chi connectivity index (χ0n) is 15.0. The van der Waals surface area contributed by atoms with Gasteiger partial charge in [0, 0.05) is 44.8 Å². The molecule has 1 aromatic heterocycles. The summed E-state index contributed by atoms with van der Waals surface area (Å²) >= 11 is 6.45. The molecule has 0 bridgehead atoms. The van der Waals surface area contributed by atoms with Crippen LogP contribution in [-0.2, 0) is 7.05 Å². The number of piperazine rings is 1. The number of imidazole rings is 1. The van der Waals surface area contributed by atoms with E-state index < -0.39 is 0 Å². The topological polar surface area (TPSA) is 48.1 Å². The Morgan fingerprint density at radius 2 is 1.68 bits per heavy atom. The summed E-state index contributed by atoms with van der Waals surface area (Å²) < 4.78 is 1.96. The highest BCUT2D eigenvalue weighted by atomic mass is 35.5. The molecule has 0 spiro atoms. The van der Waals surface area contributed by atoms with E-state index in [1.54, 1.807) is 0 Å². The van der Waals surface area contributed by atoms with E-state index in [4.69, 9.17) is 11.6 Å². The first-order valence-electron chi connectivity index (χ1n) is 8.68. The minimum Gasteiger partial charge on any atom is -0.327 e. The molecule has 5 nitrogen and oxygen atoms in total. The van der Waals surface area contributed by atoms with Gasteiger partial charge in [-0.15, -0.1) is 0 Å². The van der Waals surface area contributed by atoms with Crippen molar-refractivity contribution in [1.82, 2.24) is 19.4 Å². The van der Waals surface area contributed by atoms with E-state index in [0.717, 1.165) is 43.3 Å². The molecular weight excluding hydrogens is 334 g/mol. The Hall–Kier alpha value is -1.87. The Balaban J connectivity index is 1.88. The van der Waals surface area contributed by atoms with Crippen molar-refractivity contribution >= 4 is 11.6 Å². The smallest absolute Gasteiger partial charge is 0.153 e. The average Bonchev–Trinajstić information content (AvgIpc) is 2.92. The number of rotatable bonds is 4. The van der Waals surface area contributed by atoms with Gasteiger partial charge in [-0.2, -0.15) is 5.26 Å². The Bertz CT molecular complexity index is 754.